The molecule has 1 aliphatic rings. The van der Waals surface area contributed by atoms with E-state index in [0.29, 0.717) is 25.8 Å². The van der Waals surface area contributed by atoms with E-state index in [1.807, 2.05) is 42.5 Å². The van der Waals surface area contributed by atoms with Crippen molar-refractivity contribution in [1.29, 1.82) is 0 Å². The van der Waals surface area contributed by atoms with Crippen molar-refractivity contribution in [1.82, 2.24) is 4.31 Å². The zero-order valence-corrected chi connectivity index (χ0v) is 16.8. The number of hydrogen-bond acceptors (Lipinski definition) is 3. The van der Waals surface area contributed by atoms with Gasteiger partial charge in [0.25, 0.3) is 0 Å². The van der Waals surface area contributed by atoms with Crippen LogP contribution in [0.1, 0.15) is 37.3 Å². The highest BCUT2D eigenvalue weighted by atomic mass is 32.2. The van der Waals surface area contributed by atoms with Crippen LogP contribution in [0, 0.1) is 11.7 Å². The summed E-state index contributed by atoms with van der Waals surface area (Å²) in [6.07, 6.45) is 5.67. The number of carbonyl (C=O) groups is 1. The minimum absolute atomic E-state index is 0.0775. The Morgan fingerprint density at radius 2 is 1.79 bits per heavy atom. The van der Waals surface area contributed by atoms with Gasteiger partial charge in [-0.15, -0.1) is 0 Å². The Morgan fingerprint density at radius 3 is 2.45 bits per heavy atom. The second kappa shape index (κ2) is 9.33. The first kappa shape index (κ1) is 21.2. The van der Waals surface area contributed by atoms with Gasteiger partial charge in [0.15, 0.2) is 0 Å². The minimum Gasteiger partial charge on any atom is -0.481 e. The van der Waals surface area contributed by atoms with Gasteiger partial charge in [0.1, 0.15) is 5.82 Å². The molecule has 2 atom stereocenters. The molecule has 0 radical (unpaired) electrons. The fourth-order valence-corrected chi connectivity index (χ4v) is 5.46. The Bertz CT molecular complexity index is 958. The van der Waals surface area contributed by atoms with E-state index in [1.54, 1.807) is 0 Å². The molecular formula is C22H24FNO4S. The smallest absolute Gasteiger partial charge is 0.303 e. The van der Waals surface area contributed by atoms with Crippen molar-refractivity contribution >= 4 is 16.0 Å². The monoisotopic (exact) mass is 417 g/mol. The van der Waals surface area contributed by atoms with Gasteiger partial charge in [-0.2, -0.15) is 4.31 Å². The maximum Gasteiger partial charge on any atom is 0.303 e. The molecule has 1 heterocycles. The summed E-state index contributed by atoms with van der Waals surface area (Å²) < 4.78 is 41.3. The van der Waals surface area contributed by atoms with E-state index in [2.05, 4.69) is 0 Å². The molecule has 0 aliphatic carbocycles. The van der Waals surface area contributed by atoms with Crippen molar-refractivity contribution in [3.63, 3.8) is 0 Å². The molecule has 3 rings (SSSR count). The summed E-state index contributed by atoms with van der Waals surface area (Å²) in [6, 6.07) is 14.1. The van der Waals surface area contributed by atoms with Crippen molar-refractivity contribution in [3.05, 3.63) is 78.1 Å². The fourth-order valence-electron chi connectivity index (χ4n) is 3.77. The molecule has 5 nitrogen and oxygen atoms in total. The van der Waals surface area contributed by atoms with Crippen molar-refractivity contribution in [2.45, 2.75) is 36.6 Å². The standard InChI is InChI=1S/C22H24FNO4S/c23-19-11-13-20(14-12-19)29(27,28)24-16-15-18(9-5-2-6-10-21(25)26)22(24)17-7-3-1-4-8-17/h1-5,7-8,11-14,18,22H,6,9-10,15-16H2,(H,25,26)/b5-2-. The molecule has 1 aliphatic heterocycles. The molecule has 0 spiro atoms. The van der Waals surface area contributed by atoms with Crippen LogP contribution >= 0.6 is 0 Å². The summed E-state index contributed by atoms with van der Waals surface area (Å²) in [5.41, 5.74) is 0.916. The molecular weight excluding hydrogens is 393 g/mol. The molecule has 0 aromatic heterocycles. The largest absolute Gasteiger partial charge is 0.481 e. The van der Waals surface area contributed by atoms with E-state index < -0.39 is 21.8 Å². The number of hydrogen-bond donors (Lipinski definition) is 1. The molecule has 1 saturated heterocycles. The average molecular weight is 418 g/mol. The van der Waals surface area contributed by atoms with Crippen LogP contribution in [0.2, 0.25) is 0 Å². The molecule has 7 heteroatoms. The van der Waals surface area contributed by atoms with Crippen LogP contribution in [0.25, 0.3) is 0 Å². The molecule has 2 unspecified atom stereocenters. The normalized spacial score (nSPS) is 20.3. The van der Waals surface area contributed by atoms with Crippen LogP contribution in [0.3, 0.4) is 0 Å². The molecule has 0 bridgehead atoms. The topological polar surface area (TPSA) is 74.7 Å². The highest BCUT2D eigenvalue weighted by Gasteiger charge is 2.41. The first-order valence-electron chi connectivity index (χ1n) is 9.59. The highest BCUT2D eigenvalue weighted by molar-refractivity contribution is 7.89. The van der Waals surface area contributed by atoms with E-state index in [-0.39, 0.29) is 23.3 Å². The second-order valence-corrected chi connectivity index (χ2v) is 9.00. The zero-order valence-electron chi connectivity index (χ0n) is 15.9. The fraction of sp³-hybridized carbons (Fsp3) is 0.318. The average Bonchev–Trinajstić information content (AvgIpc) is 3.13. The van der Waals surface area contributed by atoms with E-state index >= 15 is 0 Å². The van der Waals surface area contributed by atoms with Crippen molar-refractivity contribution in [2.75, 3.05) is 6.54 Å². The molecule has 0 amide bonds. The lowest BCUT2D eigenvalue weighted by atomic mass is 9.91. The Balaban J connectivity index is 1.85. The van der Waals surface area contributed by atoms with E-state index in [1.165, 1.54) is 16.4 Å². The van der Waals surface area contributed by atoms with Crippen molar-refractivity contribution in [2.24, 2.45) is 5.92 Å². The number of carboxylic acid groups (broad SMARTS) is 1. The molecule has 29 heavy (non-hydrogen) atoms. The van der Waals surface area contributed by atoms with Gasteiger partial charge in [-0.05, 0) is 55.0 Å². The third-order valence-corrected chi connectivity index (χ3v) is 7.06. The van der Waals surface area contributed by atoms with Crippen LogP contribution in [0.5, 0.6) is 0 Å². The molecule has 1 fully saturated rings. The van der Waals surface area contributed by atoms with Crippen LogP contribution < -0.4 is 0 Å². The first-order chi connectivity index (χ1) is 13.9. The molecule has 2 aromatic carbocycles. The van der Waals surface area contributed by atoms with E-state index in [9.17, 15) is 17.6 Å². The van der Waals surface area contributed by atoms with E-state index in [4.69, 9.17) is 5.11 Å². The maximum atomic E-state index is 13.3. The molecule has 1 N–H and O–H groups in total. The van der Waals surface area contributed by atoms with Crippen molar-refractivity contribution in [3.8, 4) is 0 Å². The number of aliphatic carboxylic acids is 1. The summed E-state index contributed by atoms with van der Waals surface area (Å²) in [7, 11) is -3.77. The Kier molecular flexibility index (Phi) is 6.82. The zero-order chi connectivity index (χ0) is 20.9. The van der Waals surface area contributed by atoms with Gasteiger partial charge in [0, 0.05) is 13.0 Å². The van der Waals surface area contributed by atoms with Gasteiger partial charge < -0.3 is 5.11 Å². The third-order valence-electron chi connectivity index (χ3n) is 5.17. The maximum absolute atomic E-state index is 13.3. The van der Waals surface area contributed by atoms with Gasteiger partial charge in [-0.1, -0.05) is 42.5 Å². The number of sulfonamides is 1. The van der Waals surface area contributed by atoms with Gasteiger partial charge in [0.05, 0.1) is 10.9 Å². The summed E-state index contributed by atoms with van der Waals surface area (Å²) in [6.45, 7) is 0.382. The molecule has 154 valence electrons. The minimum atomic E-state index is -3.77. The summed E-state index contributed by atoms with van der Waals surface area (Å²) in [4.78, 5) is 10.7. The lowest BCUT2D eigenvalue weighted by molar-refractivity contribution is -0.136. The van der Waals surface area contributed by atoms with Gasteiger partial charge >= 0.3 is 5.97 Å². The lowest BCUT2D eigenvalue weighted by Gasteiger charge is -2.28. The van der Waals surface area contributed by atoms with Crippen LogP contribution in [-0.4, -0.2) is 30.3 Å². The molecule has 0 saturated carbocycles. The molecule has 2 aromatic rings. The van der Waals surface area contributed by atoms with E-state index in [0.717, 1.165) is 17.7 Å². The third kappa shape index (κ3) is 5.10. The summed E-state index contributed by atoms with van der Waals surface area (Å²) in [5.74, 6) is -1.24. The Labute approximate surface area is 170 Å². The van der Waals surface area contributed by atoms with Crippen molar-refractivity contribution < 1.29 is 22.7 Å². The number of nitrogens with zero attached hydrogens (tertiary/aromatic N) is 1. The number of benzene rings is 2. The number of halogens is 1. The predicted molar refractivity (Wildman–Crippen MR) is 108 cm³/mol. The Hall–Kier alpha value is -2.51. The van der Waals surface area contributed by atoms with Gasteiger partial charge in [0.2, 0.25) is 10.0 Å². The van der Waals surface area contributed by atoms with Gasteiger partial charge in [-0.25, -0.2) is 12.8 Å². The van der Waals surface area contributed by atoms with Crippen LogP contribution in [0.15, 0.2) is 71.6 Å². The quantitative estimate of drug-likeness (QED) is 0.647. The number of carboxylic acids is 1. The number of allylic oxidation sites excluding steroid dienone is 2. The SMILES string of the molecule is O=C(O)CC/C=C\CC1CCN(S(=O)(=O)c2ccc(F)cc2)C1c1ccccc1. The van der Waals surface area contributed by atoms with Gasteiger partial charge in [-0.3, -0.25) is 4.79 Å². The predicted octanol–water partition coefficient (Wildman–Crippen LogP) is 4.39. The summed E-state index contributed by atoms with van der Waals surface area (Å²) >= 11 is 0. The number of rotatable bonds is 8. The summed E-state index contributed by atoms with van der Waals surface area (Å²) in [5, 5.41) is 8.73. The van der Waals surface area contributed by atoms with Crippen LogP contribution in [0.4, 0.5) is 4.39 Å². The highest BCUT2D eigenvalue weighted by Crippen LogP contribution is 2.42. The first-order valence-corrected chi connectivity index (χ1v) is 11.0. The second-order valence-electron chi connectivity index (χ2n) is 7.11. The van der Waals surface area contributed by atoms with Crippen LogP contribution in [-0.2, 0) is 14.8 Å². The lowest BCUT2D eigenvalue weighted by Crippen LogP contribution is -2.32. The Morgan fingerprint density at radius 1 is 1.10 bits per heavy atom.